The van der Waals surface area contributed by atoms with Crippen LogP contribution in [-0.2, 0) is 16.0 Å². The number of hydrogen-bond donors (Lipinski definition) is 2. The van der Waals surface area contributed by atoms with Crippen LogP contribution in [0, 0.1) is 5.82 Å². The molecule has 236 valence electrons. The molecule has 0 aliphatic carbocycles. The second-order valence-corrected chi connectivity index (χ2v) is 11.8. The van der Waals surface area contributed by atoms with Crippen LogP contribution in [0.5, 0.6) is 0 Å². The highest BCUT2D eigenvalue weighted by molar-refractivity contribution is 6.31. The zero-order chi connectivity index (χ0) is 32.4. The number of hydrogen-bond acceptors (Lipinski definition) is 7. The van der Waals surface area contributed by atoms with Gasteiger partial charge in [0.25, 0.3) is 5.91 Å². The number of likely N-dealkylation sites (tertiary alicyclic amines) is 1. The molecule has 1 aromatic heterocycles. The number of fused-ring (bicyclic) bond motifs is 1. The van der Waals surface area contributed by atoms with Crippen LogP contribution in [0.15, 0.2) is 67.0 Å². The SMILES string of the molecule is CN1CCC(c2cccc3c2CCN(C(=O)/C=C/c2c(-n4cnnn4)ccc(Cl)c2F)C3C(=O)Nc2ccc(C(=O)O)cc2)CC1. The average molecular weight is 644 g/mol. The quantitative estimate of drug-likeness (QED) is 0.276. The molecule has 46 heavy (non-hydrogen) atoms. The predicted octanol–water partition coefficient (Wildman–Crippen LogP) is 4.74. The van der Waals surface area contributed by atoms with Crippen molar-refractivity contribution in [3.63, 3.8) is 0 Å². The van der Waals surface area contributed by atoms with Gasteiger partial charge in [-0.2, -0.15) is 4.68 Å². The van der Waals surface area contributed by atoms with Gasteiger partial charge in [-0.05, 0) is 115 Å². The van der Waals surface area contributed by atoms with Gasteiger partial charge in [0.1, 0.15) is 12.4 Å². The van der Waals surface area contributed by atoms with Crippen LogP contribution in [0.1, 0.15) is 57.4 Å². The number of anilines is 1. The molecule has 13 heteroatoms. The van der Waals surface area contributed by atoms with E-state index in [0.717, 1.165) is 37.1 Å². The molecule has 0 bridgehead atoms. The van der Waals surface area contributed by atoms with Crippen LogP contribution in [0.4, 0.5) is 10.1 Å². The maximum atomic E-state index is 15.2. The minimum absolute atomic E-state index is 0.00892. The fourth-order valence-electron chi connectivity index (χ4n) is 6.26. The first-order chi connectivity index (χ1) is 22.2. The number of aromatic nitrogens is 4. The van der Waals surface area contributed by atoms with E-state index in [1.165, 1.54) is 64.0 Å². The van der Waals surface area contributed by atoms with Crippen molar-refractivity contribution in [2.75, 3.05) is 32.0 Å². The fraction of sp³-hybridized carbons (Fsp3) is 0.273. The van der Waals surface area contributed by atoms with Crippen molar-refractivity contribution in [3.8, 4) is 5.69 Å². The summed E-state index contributed by atoms with van der Waals surface area (Å²) in [4.78, 5) is 43.0. The standard InChI is InChI=1S/C33H31ClFN7O4/c1-40-16-13-20(14-17-40)23-3-2-4-25-24(23)15-18-41(31(25)32(44)37-22-7-5-21(6-8-22)33(45)46)29(43)12-9-26-28(42-19-36-38-39-42)11-10-27(34)30(26)35/h2-12,19-20,31H,13-18H2,1H3,(H,37,44)(H,45,46)/b12-9+. The Hall–Kier alpha value is -4.94. The van der Waals surface area contributed by atoms with Gasteiger partial charge in [0.05, 0.1) is 16.3 Å². The normalized spacial score (nSPS) is 17.2. The van der Waals surface area contributed by atoms with E-state index in [9.17, 15) is 19.5 Å². The molecule has 1 atom stereocenters. The van der Waals surface area contributed by atoms with Gasteiger partial charge in [-0.25, -0.2) is 9.18 Å². The average Bonchev–Trinajstić information content (AvgIpc) is 3.60. The number of halogens is 2. The van der Waals surface area contributed by atoms with E-state index in [-0.39, 0.29) is 28.4 Å². The Labute approximate surface area is 269 Å². The van der Waals surface area contributed by atoms with Gasteiger partial charge in [0, 0.05) is 23.9 Å². The van der Waals surface area contributed by atoms with Gasteiger partial charge in [-0.1, -0.05) is 29.8 Å². The van der Waals surface area contributed by atoms with Gasteiger partial charge in [0.2, 0.25) is 5.91 Å². The summed E-state index contributed by atoms with van der Waals surface area (Å²) >= 11 is 6.07. The van der Waals surface area contributed by atoms with Crippen LogP contribution in [0.2, 0.25) is 5.02 Å². The summed E-state index contributed by atoms with van der Waals surface area (Å²) in [5.74, 6) is -2.43. The number of benzene rings is 3. The Balaban J connectivity index is 1.35. The maximum Gasteiger partial charge on any atom is 0.335 e. The minimum atomic E-state index is -1.08. The Morgan fingerprint density at radius 3 is 2.46 bits per heavy atom. The Kier molecular flexibility index (Phi) is 8.91. The van der Waals surface area contributed by atoms with E-state index < -0.39 is 29.6 Å². The lowest BCUT2D eigenvalue weighted by Crippen LogP contribution is -2.45. The van der Waals surface area contributed by atoms with Crippen LogP contribution >= 0.6 is 11.6 Å². The first-order valence-electron chi connectivity index (χ1n) is 14.9. The fourth-order valence-corrected chi connectivity index (χ4v) is 6.43. The molecule has 1 saturated heterocycles. The number of rotatable bonds is 7. The van der Waals surface area contributed by atoms with Crippen molar-refractivity contribution in [3.05, 3.63) is 106 Å². The number of aromatic carboxylic acids is 1. The molecule has 1 unspecified atom stereocenters. The number of nitrogens with one attached hydrogen (secondary N) is 1. The summed E-state index contributed by atoms with van der Waals surface area (Å²) < 4.78 is 16.5. The first kappa shape index (κ1) is 31.1. The lowest BCUT2D eigenvalue weighted by molar-refractivity contribution is -0.135. The molecular weight excluding hydrogens is 613 g/mol. The van der Waals surface area contributed by atoms with Crippen LogP contribution in [0.25, 0.3) is 11.8 Å². The van der Waals surface area contributed by atoms with Gasteiger partial charge < -0.3 is 20.2 Å². The summed E-state index contributed by atoms with van der Waals surface area (Å²) in [6.45, 7) is 2.22. The largest absolute Gasteiger partial charge is 0.478 e. The number of amides is 2. The maximum absolute atomic E-state index is 15.2. The topological polar surface area (TPSA) is 134 Å². The van der Waals surface area contributed by atoms with Crippen molar-refractivity contribution in [1.29, 1.82) is 0 Å². The smallest absolute Gasteiger partial charge is 0.335 e. The minimum Gasteiger partial charge on any atom is -0.478 e. The van der Waals surface area contributed by atoms with E-state index >= 15 is 4.39 Å². The summed E-state index contributed by atoms with van der Waals surface area (Å²) in [5.41, 5.74) is 3.75. The molecule has 11 nitrogen and oxygen atoms in total. The molecule has 0 spiro atoms. The molecule has 2 aliphatic rings. The van der Waals surface area contributed by atoms with E-state index in [0.29, 0.717) is 18.0 Å². The second-order valence-electron chi connectivity index (χ2n) is 11.4. The van der Waals surface area contributed by atoms with Crippen molar-refractivity contribution < 1.29 is 23.9 Å². The number of carbonyl (C=O) groups is 3. The molecule has 6 rings (SSSR count). The van der Waals surface area contributed by atoms with Gasteiger partial charge in [-0.15, -0.1) is 5.10 Å². The zero-order valence-corrected chi connectivity index (χ0v) is 25.7. The number of tetrazole rings is 1. The number of carboxylic acid groups (broad SMARTS) is 1. The summed E-state index contributed by atoms with van der Waals surface area (Å²) in [6, 6.07) is 13.7. The third-order valence-corrected chi connectivity index (χ3v) is 8.94. The third kappa shape index (κ3) is 6.26. The molecule has 1 fully saturated rings. The highest BCUT2D eigenvalue weighted by Gasteiger charge is 2.37. The van der Waals surface area contributed by atoms with Crippen molar-refractivity contribution in [1.82, 2.24) is 30.0 Å². The van der Waals surface area contributed by atoms with Crippen LogP contribution < -0.4 is 5.32 Å². The van der Waals surface area contributed by atoms with Crippen molar-refractivity contribution in [2.24, 2.45) is 0 Å². The van der Waals surface area contributed by atoms with Gasteiger partial charge in [-0.3, -0.25) is 9.59 Å². The number of carboxylic acids is 1. The molecule has 3 aromatic carbocycles. The van der Waals surface area contributed by atoms with E-state index in [1.807, 2.05) is 12.1 Å². The van der Waals surface area contributed by atoms with Crippen molar-refractivity contribution >= 4 is 41.1 Å². The molecule has 2 amide bonds. The molecule has 0 radical (unpaired) electrons. The van der Waals surface area contributed by atoms with Gasteiger partial charge >= 0.3 is 5.97 Å². The Morgan fingerprint density at radius 1 is 1.02 bits per heavy atom. The lowest BCUT2D eigenvalue weighted by Gasteiger charge is -2.38. The molecule has 2 aliphatic heterocycles. The Bertz CT molecular complexity index is 1810. The molecule has 0 saturated carbocycles. The number of piperidine rings is 1. The van der Waals surface area contributed by atoms with Crippen LogP contribution in [-0.4, -0.2) is 79.6 Å². The first-order valence-corrected chi connectivity index (χ1v) is 15.2. The van der Waals surface area contributed by atoms with E-state index in [4.69, 9.17) is 11.6 Å². The number of nitrogens with zero attached hydrogens (tertiary/aromatic N) is 6. The number of carbonyl (C=O) groups excluding carboxylic acids is 2. The highest BCUT2D eigenvalue weighted by atomic mass is 35.5. The second kappa shape index (κ2) is 13.2. The summed E-state index contributed by atoms with van der Waals surface area (Å²) in [7, 11) is 2.11. The predicted molar refractivity (Wildman–Crippen MR) is 169 cm³/mol. The Morgan fingerprint density at radius 2 is 1.76 bits per heavy atom. The highest BCUT2D eigenvalue weighted by Crippen LogP contribution is 2.38. The van der Waals surface area contributed by atoms with E-state index in [2.05, 4.69) is 38.9 Å². The monoisotopic (exact) mass is 643 g/mol. The van der Waals surface area contributed by atoms with E-state index in [1.54, 1.807) is 6.07 Å². The summed E-state index contributed by atoms with van der Waals surface area (Å²) in [6.07, 6.45) is 6.38. The van der Waals surface area contributed by atoms with Crippen molar-refractivity contribution in [2.45, 2.75) is 31.2 Å². The molecule has 2 N–H and O–H groups in total. The third-order valence-electron chi connectivity index (χ3n) is 8.64. The van der Waals surface area contributed by atoms with Gasteiger partial charge in [0.15, 0.2) is 5.82 Å². The molecular formula is C33H31ClFN7O4. The summed E-state index contributed by atoms with van der Waals surface area (Å²) in [5, 5.41) is 23.0. The van der Waals surface area contributed by atoms with Crippen LogP contribution in [0.3, 0.4) is 0 Å². The molecule has 3 heterocycles. The molecule has 4 aromatic rings. The zero-order valence-electron chi connectivity index (χ0n) is 24.9. The lowest BCUT2D eigenvalue weighted by atomic mass is 9.80.